The predicted molar refractivity (Wildman–Crippen MR) is 89.4 cm³/mol. The summed E-state index contributed by atoms with van der Waals surface area (Å²) in [6, 6.07) is 15.3. The van der Waals surface area contributed by atoms with Gasteiger partial charge in [0.15, 0.2) is 0 Å². The molecule has 1 aromatic heterocycles. The first-order chi connectivity index (χ1) is 11.2. The molecular formula is C16H15BrN4O2. The normalized spacial score (nSPS) is 10.5. The fourth-order valence-electron chi connectivity index (χ4n) is 2.02. The first-order valence-corrected chi connectivity index (χ1v) is 7.84. The molecule has 0 aliphatic rings. The van der Waals surface area contributed by atoms with E-state index in [-0.39, 0.29) is 0 Å². The zero-order valence-electron chi connectivity index (χ0n) is 12.5. The highest BCUT2D eigenvalue weighted by Gasteiger charge is 2.07. The lowest BCUT2D eigenvalue weighted by Gasteiger charge is -2.05. The van der Waals surface area contributed by atoms with Crippen LogP contribution in [-0.4, -0.2) is 33.9 Å². The van der Waals surface area contributed by atoms with Crippen LogP contribution in [0.5, 0.6) is 11.5 Å². The molecule has 0 radical (unpaired) electrons. The van der Waals surface area contributed by atoms with Crippen molar-refractivity contribution >= 4 is 15.9 Å². The minimum Gasteiger partial charge on any atom is -0.497 e. The van der Waals surface area contributed by atoms with E-state index in [1.165, 1.54) is 4.80 Å². The van der Waals surface area contributed by atoms with Crippen LogP contribution in [0.2, 0.25) is 0 Å². The molecule has 0 atom stereocenters. The van der Waals surface area contributed by atoms with Gasteiger partial charge in [-0.3, -0.25) is 0 Å². The number of rotatable bonds is 6. The lowest BCUT2D eigenvalue weighted by molar-refractivity contribution is 0.280. The van der Waals surface area contributed by atoms with E-state index < -0.39 is 0 Å². The summed E-state index contributed by atoms with van der Waals surface area (Å²) in [4.78, 5) is 1.52. The average molecular weight is 375 g/mol. The van der Waals surface area contributed by atoms with Crippen LogP contribution >= 0.6 is 15.9 Å². The molecule has 3 rings (SSSR count). The molecule has 0 aliphatic heterocycles. The average Bonchev–Trinajstić information content (AvgIpc) is 3.04. The van der Waals surface area contributed by atoms with Crippen molar-refractivity contribution in [3.05, 3.63) is 53.0 Å². The second-order valence-corrected chi connectivity index (χ2v) is 5.66. The Hall–Kier alpha value is -2.41. The third-order valence-electron chi connectivity index (χ3n) is 3.14. The van der Waals surface area contributed by atoms with Crippen LogP contribution < -0.4 is 9.47 Å². The van der Waals surface area contributed by atoms with Crippen LogP contribution in [0.15, 0.2) is 53.0 Å². The molecule has 7 heteroatoms. The largest absolute Gasteiger partial charge is 0.497 e. The summed E-state index contributed by atoms with van der Waals surface area (Å²) in [5.41, 5.74) is 0.864. The summed E-state index contributed by atoms with van der Waals surface area (Å²) >= 11 is 3.41. The highest BCUT2D eigenvalue weighted by molar-refractivity contribution is 9.10. The van der Waals surface area contributed by atoms with Crippen molar-refractivity contribution < 1.29 is 9.47 Å². The quantitative estimate of drug-likeness (QED) is 0.662. The van der Waals surface area contributed by atoms with E-state index in [4.69, 9.17) is 9.47 Å². The minimum absolute atomic E-state index is 0.463. The Kier molecular flexibility index (Phi) is 4.87. The van der Waals surface area contributed by atoms with Gasteiger partial charge in [0.25, 0.3) is 0 Å². The topological polar surface area (TPSA) is 62.1 Å². The number of hydrogen-bond donors (Lipinski definition) is 0. The molecule has 0 saturated carbocycles. The van der Waals surface area contributed by atoms with Gasteiger partial charge >= 0.3 is 0 Å². The molecule has 118 valence electrons. The number of tetrazole rings is 1. The van der Waals surface area contributed by atoms with Crippen molar-refractivity contribution in [1.82, 2.24) is 20.2 Å². The zero-order valence-corrected chi connectivity index (χ0v) is 14.1. The van der Waals surface area contributed by atoms with Gasteiger partial charge in [-0.1, -0.05) is 34.1 Å². The molecule has 0 N–H and O–H groups in total. The molecule has 3 aromatic rings. The smallest absolute Gasteiger partial charge is 0.205 e. The SMILES string of the molecule is COc1cccc(-c2nnn(CCOc3cccc(Br)c3)n2)c1. The third kappa shape index (κ3) is 4.07. The fraction of sp³-hybridized carbons (Fsp3) is 0.188. The Morgan fingerprint density at radius 2 is 1.91 bits per heavy atom. The Bertz CT molecular complexity index is 791. The first kappa shape index (κ1) is 15.5. The van der Waals surface area contributed by atoms with Gasteiger partial charge < -0.3 is 9.47 Å². The van der Waals surface area contributed by atoms with Crippen molar-refractivity contribution in [1.29, 1.82) is 0 Å². The summed E-state index contributed by atoms with van der Waals surface area (Å²) in [6.07, 6.45) is 0. The molecule has 0 amide bonds. The van der Waals surface area contributed by atoms with E-state index in [2.05, 4.69) is 31.3 Å². The molecule has 6 nitrogen and oxygen atoms in total. The van der Waals surface area contributed by atoms with E-state index in [1.807, 2.05) is 48.5 Å². The highest BCUT2D eigenvalue weighted by Crippen LogP contribution is 2.20. The molecule has 0 aliphatic carbocycles. The maximum Gasteiger partial charge on any atom is 0.205 e. The van der Waals surface area contributed by atoms with Crippen LogP contribution in [0.1, 0.15) is 0 Å². The van der Waals surface area contributed by atoms with Crippen LogP contribution in [-0.2, 0) is 6.54 Å². The molecule has 1 heterocycles. The van der Waals surface area contributed by atoms with E-state index in [9.17, 15) is 0 Å². The molecule has 23 heavy (non-hydrogen) atoms. The molecule has 0 bridgehead atoms. The molecular weight excluding hydrogens is 360 g/mol. The number of benzene rings is 2. The Balaban J connectivity index is 1.61. The van der Waals surface area contributed by atoms with Crippen LogP contribution in [0.25, 0.3) is 11.4 Å². The van der Waals surface area contributed by atoms with Gasteiger partial charge in [-0.25, -0.2) is 0 Å². The van der Waals surface area contributed by atoms with Gasteiger partial charge in [0.1, 0.15) is 18.1 Å². The Labute approximate surface area is 142 Å². The number of methoxy groups -OCH3 is 1. The lowest BCUT2D eigenvalue weighted by Crippen LogP contribution is -2.11. The number of halogens is 1. The van der Waals surface area contributed by atoms with Crippen LogP contribution in [0.3, 0.4) is 0 Å². The molecule has 0 spiro atoms. The van der Waals surface area contributed by atoms with Gasteiger partial charge in [-0.2, -0.15) is 4.80 Å². The summed E-state index contributed by atoms with van der Waals surface area (Å²) < 4.78 is 11.8. The van der Waals surface area contributed by atoms with Gasteiger partial charge in [0.05, 0.1) is 13.7 Å². The van der Waals surface area contributed by atoms with Crippen LogP contribution in [0, 0.1) is 0 Å². The zero-order chi connectivity index (χ0) is 16.1. The molecule has 2 aromatic carbocycles. The van der Waals surface area contributed by atoms with Crippen molar-refractivity contribution in [3.63, 3.8) is 0 Å². The number of hydrogen-bond acceptors (Lipinski definition) is 5. The molecule has 0 fully saturated rings. The summed E-state index contributed by atoms with van der Waals surface area (Å²) in [7, 11) is 1.63. The highest BCUT2D eigenvalue weighted by atomic mass is 79.9. The minimum atomic E-state index is 0.463. The molecule has 0 saturated heterocycles. The van der Waals surface area contributed by atoms with Crippen molar-refractivity contribution in [3.8, 4) is 22.9 Å². The van der Waals surface area contributed by atoms with E-state index in [1.54, 1.807) is 7.11 Å². The van der Waals surface area contributed by atoms with Gasteiger partial charge in [-0.05, 0) is 35.5 Å². The Morgan fingerprint density at radius 3 is 2.74 bits per heavy atom. The van der Waals surface area contributed by atoms with Crippen molar-refractivity contribution in [2.24, 2.45) is 0 Å². The fourth-order valence-corrected chi connectivity index (χ4v) is 2.40. The number of ether oxygens (including phenoxy) is 2. The van der Waals surface area contributed by atoms with Crippen molar-refractivity contribution in [2.45, 2.75) is 6.54 Å². The summed E-state index contributed by atoms with van der Waals surface area (Å²) in [5.74, 6) is 2.12. The van der Waals surface area contributed by atoms with Crippen LogP contribution in [0.4, 0.5) is 0 Å². The van der Waals surface area contributed by atoms with E-state index >= 15 is 0 Å². The second kappa shape index (κ2) is 7.23. The first-order valence-electron chi connectivity index (χ1n) is 7.05. The Morgan fingerprint density at radius 1 is 1.09 bits per heavy atom. The number of aromatic nitrogens is 4. The van der Waals surface area contributed by atoms with Gasteiger partial charge in [0.2, 0.25) is 5.82 Å². The van der Waals surface area contributed by atoms with Gasteiger partial charge in [-0.15, -0.1) is 10.2 Å². The lowest BCUT2D eigenvalue weighted by atomic mass is 10.2. The predicted octanol–water partition coefficient (Wildman–Crippen LogP) is 3.19. The van der Waals surface area contributed by atoms with E-state index in [0.717, 1.165) is 21.5 Å². The summed E-state index contributed by atoms with van der Waals surface area (Å²) in [6.45, 7) is 0.980. The standard InChI is InChI=1S/C16H15BrN4O2/c1-22-14-6-2-4-12(10-14)16-18-20-21(19-16)8-9-23-15-7-3-5-13(17)11-15/h2-7,10-11H,8-9H2,1H3. The third-order valence-corrected chi connectivity index (χ3v) is 3.63. The van der Waals surface area contributed by atoms with Gasteiger partial charge in [0, 0.05) is 10.0 Å². The maximum atomic E-state index is 5.66. The second-order valence-electron chi connectivity index (χ2n) is 4.75. The molecule has 0 unspecified atom stereocenters. The maximum absolute atomic E-state index is 5.66. The van der Waals surface area contributed by atoms with E-state index in [0.29, 0.717) is 19.0 Å². The monoisotopic (exact) mass is 374 g/mol. The number of nitrogens with zero attached hydrogens (tertiary/aromatic N) is 4. The summed E-state index contributed by atoms with van der Waals surface area (Å²) in [5, 5.41) is 12.5. The van der Waals surface area contributed by atoms with Crippen molar-refractivity contribution in [2.75, 3.05) is 13.7 Å².